The fourth-order valence-corrected chi connectivity index (χ4v) is 0.232. The Morgan fingerprint density at radius 2 is 2.09 bits per heavy atom. The van der Waals surface area contributed by atoms with E-state index in [1.807, 2.05) is 0 Å². The first-order valence-electron chi connectivity index (χ1n) is 2.44. The lowest BCUT2D eigenvalue weighted by molar-refractivity contribution is 0.490. The first-order valence-corrected chi connectivity index (χ1v) is 4.29. The molecule has 1 aromatic heterocycles. The lowest BCUT2D eigenvalue weighted by atomic mass is 11.0. The van der Waals surface area contributed by atoms with Crippen LogP contribution in [0.2, 0.25) is 0 Å². The number of aromatic amines is 1. The summed E-state index contributed by atoms with van der Waals surface area (Å²) in [6, 6.07) is 0. The summed E-state index contributed by atoms with van der Waals surface area (Å²) in [7, 11) is -3.67. The Bertz CT molecular complexity index is 309. The normalized spacial score (nSPS) is 10.0. The lowest BCUT2D eigenvalue weighted by Gasteiger charge is -1.69. The SMILES string of the molecule is CS(=O)(=O)O.O=c1[nH]cco1. The topological polar surface area (TPSA) is 100 Å². The van der Waals surface area contributed by atoms with Gasteiger partial charge in [-0.05, 0) is 0 Å². The molecule has 0 aliphatic heterocycles. The van der Waals surface area contributed by atoms with Gasteiger partial charge in [0.15, 0.2) is 0 Å². The Balaban J connectivity index is 0.000000187. The van der Waals surface area contributed by atoms with Crippen LogP contribution >= 0.6 is 0 Å². The highest BCUT2D eigenvalue weighted by atomic mass is 32.2. The molecule has 7 heteroatoms. The number of nitrogens with one attached hydrogen (secondary N) is 1. The highest BCUT2D eigenvalue weighted by Crippen LogP contribution is 1.63. The Kier molecular flexibility index (Phi) is 3.55. The van der Waals surface area contributed by atoms with E-state index in [9.17, 15) is 13.2 Å². The Morgan fingerprint density at radius 3 is 2.18 bits per heavy atom. The average Bonchev–Trinajstić information content (AvgIpc) is 2.12. The molecular formula is C4H7NO5S. The molecule has 6 nitrogen and oxygen atoms in total. The van der Waals surface area contributed by atoms with Crippen LogP contribution in [-0.4, -0.2) is 24.2 Å². The van der Waals surface area contributed by atoms with Crippen molar-refractivity contribution in [1.29, 1.82) is 0 Å². The van der Waals surface area contributed by atoms with Crippen LogP contribution in [0.3, 0.4) is 0 Å². The third-order valence-electron chi connectivity index (χ3n) is 0.444. The second kappa shape index (κ2) is 3.94. The van der Waals surface area contributed by atoms with E-state index in [0.717, 1.165) is 0 Å². The molecule has 0 bridgehead atoms. The van der Waals surface area contributed by atoms with Crippen molar-refractivity contribution in [2.24, 2.45) is 0 Å². The quantitative estimate of drug-likeness (QED) is 0.524. The second-order valence-electron chi connectivity index (χ2n) is 1.59. The van der Waals surface area contributed by atoms with Gasteiger partial charge in [-0.1, -0.05) is 0 Å². The molecule has 11 heavy (non-hydrogen) atoms. The number of aromatic nitrogens is 1. The summed E-state index contributed by atoms with van der Waals surface area (Å²) in [6.45, 7) is 0. The predicted molar refractivity (Wildman–Crippen MR) is 36.8 cm³/mol. The fourth-order valence-electron chi connectivity index (χ4n) is 0.232. The van der Waals surface area contributed by atoms with Crippen LogP contribution in [0.5, 0.6) is 0 Å². The summed E-state index contributed by atoms with van der Waals surface area (Å²) in [5.41, 5.74) is 0. The first kappa shape index (κ1) is 9.92. The van der Waals surface area contributed by atoms with E-state index in [2.05, 4.69) is 9.40 Å². The zero-order chi connectivity index (χ0) is 8.91. The molecule has 0 fully saturated rings. The summed E-state index contributed by atoms with van der Waals surface area (Å²) >= 11 is 0. The molecule has 2 N–H and O–H groups in total. The monoisotopic (exact) mass is 181 g/mol. The van der Waals surface area contributed by atoms with Crippen molar-refractivity contribution in [2.75, 3.05) is 6.26 Å². The zero-order valence-corrected chi connectivity index (χ0v) is 6.46. The van der Waals surface area contributed by atoms with Crippen LogP contribution in [0.25, 0.3) is 0 Å². The molecule has 0 atom stereocenters. The maximum absolute atomic E-state index is 9.85. The summed E-state index contributed by atoms with van der Waals surface area (Å²) in [5, 5.41) is 0. The molecule has 0 radical (unpaired) electrons. The van der Waals surface area contributed by atoms with Crippen molar-refractivity contribution in [1.82, 2.24) is 4.98 Å². The fraction of sp³-hybridized carbons (Fsp3) is 0.250. The minimum absolute atomic E-state index is 0.407. The molecule has 0 aliphatic carbocycles. The smallest absolute Gasteiger partial charge is 0.416 e. The van der Waals surface area contributed by atoms with Gasteiger partial charge in [-0.2, -0.15) is 8.42 Å². The summed E-state index contributed by atoms with van der Waals surface area (Å²) in [6.07, 6.45) is 3.44. The van der Waals surface area contributed by atoms with Gasteiger partial charge >= 0.3 is 5.76 Å². The van der Waals surface area contributed by atoms with Gasteiger partial charge < -0.3 is 4.42 Å². The maximum atomic E-state index is 9.85. The summed E-state index contributed by atoms with van der Waals surface area (Å²) < 4.78 is 30.1. The summed E-state index contributed by atoms with van der Waals surface area (Å²) in [5.74, 6) is -0.407. The molecule has 0 saturated carbocycles. The molecule has 1 aromatic rings. The van der Waals surface area contributed by atoms with Gasteiger partial charge in [-0.25, -0.2) is 4.79 Å². The zero-order valence-electron chi connectivity index (χ0n) is 5.64. The van der Waals surface area contributed by atoms with Crippen LogP contribution < -0.4 is 5.76 Å². The van der Waals surface area contributed by atoms with E-state index >= 15 is 0 Å². The molecule has 1 heterocycles. The van der Waals surface area contributed by atoms with E-state index in [0.29, 0.717) is 6.26 Å². The van der Waals surface area contributed by atoms with Crippen molar-refractivity contribution < 1.29 is 17.4 Å². The molecule has 0 spiro atoms. The minimum atomic E-state index is -3.67. The summed E-state index contributed by atoms with van der Waals surface area (Å²) in [4.78, 5) is 12.1. The van der Waals surface area contributed by atoms with Crippen LogP contribution in [0.1, 0.15) is 0 Å². The molecule has 0 saturated heterocycles. The van der Waals surface area contributed by atoms with E-state index < -0.39 is 15.9 Å². The van der Waals surface area contributed by atoms with Crippen LogP contribution in [0, 0.1) is 0 Å². The van der Waals surface area contributed by atoms with Crippen molar-refractivity contribution in [3.8, 4) is 0 Å². The lowest BCUT2D eigenvalue weighted by Crippen LogP contribution is -1.91. The Hall–Kier alpha value is -1.08. The highest BCUT2D eigenvalue weighted by Gasteiger charge is 1.81. The van der Waals surface area contributed by atoms with E-state index in [-0.39, 0.29) is 0 Å². The van der Waals surface area contributed by atoms with E-state index in [1.165, 1.54) is 12.5 Å². The van der Waals surface area contributed by atoms with Crippen LogP contribution in [0.15, 0.2) is 21.7 Å². The van der Waals surface area contributed by atoms with Crippen molar-refractivity contribution >= 4 is 10.1 Å². The molecule has 0 unspecified atom stereocenters. The van der Waals surface area contributed by atoms with Crippen molar-refractivity contribution in [2.45, 2.75) is 0 Å². The van der Waals surface area contributed by atoms with Crippen molar-refractivity contribution in [3.63, 3.8) is 0 Å². The van der Waals surface area contributed by atoms with Crippen LogP contribution in [0.4, 0.5) is 0 Å². The third-order valence-corrected chi connectivity index (χ3v) is 0.444. The molecule has 0 amide bonds. The predicted octanol–water partition coefficient (Wildman–Crippen LogP) is -0.528. The molecule has 0 aliphatic rings. The number of hydrogen-bond donors (Lipinski definition) is 2. The number of hydrogen-bond acceptors (Lipinski definition) is 4. The molecule has 0 aromatic carbocycles. The molecule has 64 valence electrons. The van der Waals surface area contributed by atoms with Gasteiger partial charge in [-0.3, -0.25) is 9.54 Å². The van der Waals surface area contributed by atoms with Gasteiger partial charge in [-0.15, -0.1) is 0 Å². The van der Waals surface area contributed by atoms with Gasteiger partial charge in [0.25, 0.3) is 10.1 Å². The van der Waals surface area contributed by atoms with Crippen molar-refractivity contribution in [3.05, 3.63) is 23.0 Å². The van der Waals surface area contributed by atoms with Gasteiger partial charge in [0, 0.05) is 6.20 Å². The van der Waals surface area contributed by atoms with Gasteiger partial charge in [0.2, 0.25) is 0 Å². The Morgan fingerprint density at radius 1 is 1.64 bits per heavy atom. The van der Waals surface area contributed by atoms with Gasteiger partial charge in [0.1, 0.15) is 6.26 Å². The number of H-pyrrole nitrogens is 1. The highest BCUT2D eigenvalue weighted by molar-refractivity contribution is 7.85. The second-order valence-corrected chi connectivity index (χ2v) is 3.05. The Labute approximate surface area is 62.6 Å². The number of rotatable bonds is 0. The molecular weight excluding hydrogens is 174 g/mol. The van der Waals surface area contributed by atoms with Crippen LogP contribution in [-0.2, 0) is 10.1 Å². The largest absolute Gasteiger partial charge is 0.417 e. The molecule has 1 rings (SSSR count). The average molecular weight is 181 g/mol. The maximum Gasteiger partial charge on any atom is 0.416 e. The van der Waals surface area contributed by atoms with E-state index in [4.69, 9.17) is 4.55 Å². The van der Waals surface area contributed by atoms with E-state index in [1.54, 1.807) is 0 Å². The van der Waals surface area contributed by atoms with Gasteiger partial charge in [0.05, 0.1) is 6.26 Å². The standard InChI is InChI=1S/C3H3NO2.CH4O3S/c5-3-4-1-2-6-3;1-5(2,3)4/h1-2H,(H,4,5);1H3,(H,2,3,4). The minimum Gasteiger partial charge on any atom is -0.417 e. The number of oxazole rings is 1. The third kappa shape index (κ3) is 12.2. The first-order chi connectivity index (χ1) is 4.89.